The molecule has 5 nitrogen and oxygen atoms in total. The summed E-state index contributed by atoms with van der Waals surface area (Å²) in [5, 5.41) is 23.5. The van der Waals surface area contributed by atoms with Crippen LogP contribution < -0.4 is 5.59 Å². The van der Waals surface area contributed by atoms with E-state index in [9.17, 15) is 14.4 Å². The van der Waals surface area contributed by atoms with Gasteiger partial charge in [-0.1, -0.05) is 0 Å². The predicted molar refractivity (Wildman–Crippen MR) is 68.5 cm³/mol. The molecule has 1 aliphatic rings. The van der Waals surface area contributed by atoms with Crippen LogP contribution >= 0.6 is 0 Å². The number of hydrogen-bond donors (Lipinski definition) is 2. The van der Waals surface area contributed by atoms with E-state index in [1.807, 2.05) is 0 Å². The summed E-state index contributed by atoms with van der Waals surface area (Å²) in [6.45, 7) is 2.27. The smallest absolute Gasteiger partial charge is 0.422 e. The first-order valence-corrected chi connectivity index (χ1v) is 6.24. The quantitative estimate of drug-likeness (QED) is 0.774. The average molecular weight is 264 g/mol. The van der Waals surface area contributed by atoms with Gasteiger partial charge in [0.2, 0.25) is 0 Å². The molecule has 19 heavy (non-hydrogen) atoms. The van der Waals surface area contributed by atoms with Gasteiger partial charge < -0.3 is 14.8 Å². The molecule has 1 atom stereocenters. The topological polar surface area (TPSA) is 67.5 Å². The molecule has 0 amide bonds. The van der Waals surface area contributed by atoms with Crippen molar-refractivity contribution in [2.24, 2.45) is 0 Å². The lowest BCUT2D eigenvalue weighted by Gasteiger charge is -2.11. The van der Waals surface area contributed by atoms with E-state index in [0.29, 0.717) is 23.1 Å². The molecule has 1 aliphatic heterocycles. The van der Waals surface area contributed by atoms with Crippen LogP contribution in [0.2, 0.25) is 0 Å². The zero-order chi connectivity index (χ0) is 13.6. The maximum atomic E-state index is 13.7. The summed E-state index contributed by atoms with van der Waals surface area (Å²) in [6, 6.07) is 2.95. The van der Waals surface area contributed by atoms with Crippen molar-refractivity contribution in [2.75, 3.05) is 6.61 Å². The Bertz CT molecular complexity index is 623. The zero-order valence-corrected chi connectivity index (χ0v) is 10.5. The van der Waals surface area contributed by atoms with Gasteiger partial charge in [0.1, 0.15) is 11.4 Å². The number of fused-ring (bicyclic) bond motifs is 1. The molecule has 1 fully saturated rings. The third kappa shape index (κ3) is 2.03. The minimum atomic E-state index is -1.69. The molecule has 100 valence electrons. The monoisotopic (exact) mass is 264 g/mol. The van der Waals surface area contributed by atoms with Crippen molar-refractivity contribution >= 4 is 23.6 Å². The molecule has 2 aromatic rings. The first-order valence-electron chi connectivity index (χ1n) is 6.24. The lowest BCUT2D eigenvalue weighted by atomic mass is 9.83. The summed E-state index contributed by atoms with van der Waals surface area (Å²) in [5.74, 6) is -0.342. The maximum Gasteiger partial charge on any atom is 0.510 e. The Hall–Kier alpha value is -1.44. The van der Waals surface area contributed by atoms with Gasteiger partial charge in [-0.05, 0) is 31.4 Å². The molecule has 2 N–H and O–H groups in total. The predicted octanol–water partition coefficient (Wildman–Crippen LogP) is 0.473. The third-order valence-corrected chi connectivity index (χ3v) is 3.44. The van der Waals surface area contributed by atoms with Crippen LogP contribution in [0.3, 0.4) is 0 Å². The Morgan fingerprint density at radius 1 is 1.47 bits per heavy atom. The van der Waals surface area contributed by atoms with Crippen molar-refractivity contribution in [3.63, 3.8) is 0 Å². The Balaban J connectivity index is 2.23. The fourth-order valence-corrected chi connectivity index (χ4v) is 2.45. The summed E-state index contributed by atoms with van der Waals surface area (Å²) < 4.78 is 20.8. The first kappa shape index (κ1) is 12.6. The Labute approximate surface area is 109 Å². The molecule has 2 heterocycles. The average Bonchev–Trinajstić information content (AvgIpc) is 2.96. The van der Waals surface area contributed by atoms with Crippen LogP contribution in [0.25, 0.3) is 10.9 Å². The van der Waals surface area contributed by atoms with Crippen LogP contribution in [0, 0.1) is 12.7 Å². The molecule has 0 spiro atoms. The highest BCUT2D eigenvalue weighted by Gasteiger charge is 2.27. The molecule has 7 heteroatoms. The Kier molecular flexibility index (Phi) is 3.04. The fourth-order valence-electron chi connectivity index (χ4n) is 2.45. The van der Waals surface area contributed by atoms with E-state index in [1.54, 1.807) is 17.7 Å². The second-order valence-electron chi connectivity index (χ2n) is 4.79. The Morgan fingerprint density at radius 3 is 2.89 bits per heavy atom. The van der Waals surface area contributed by atoms with Crippen LogP contribution in [0.5, 0.6) is 0 Å². The number of aromatic nitrogens is 2. The lowest BCUT2D eigenvalue weighted by Crippen LogP contribution is -2.32. The van der Waals surface area contributed by atoms with E-state index in [0.717, 1.165) is 12.8 Å². The van der Waals surface area contributed by atoms with E-state index in [4.69, 9.17) is 4.74 Å². The summed E-state index contributed by atoms with van der Waals surface area (Å²) >= 11 is 0. The van der Waals surface area contributed by atoms with Gasteiger partial charge in [0.05, 0.1) is 5.52 Å². The number of nitrogens with zero attached hydrogens (tertiary/aromatic N) is 2. The van der Waals surface area contributed by atoms with Crippen molar-refractivity contribution in [1.82, 2.24) is 9.78 Å². The van der Waals surface area contributed by atoms with E-state index in [1.165, 1.54) is 6.07 Å². The van der Waals surface area contributed by atoms with Crippen LogP contribution in [0.15, 0.2) is 12.1 Å². The SMILES string of the molecule is Cc1cc2c(B(O)O)nn(C3CCCO3)c2cc1F. The van der Waals surface area contributed by atoms with Crippen molar-refractivity contribution in [3.05, 3.63) is 23.5 Å². The molecular formula is C12H14BFN2O3. The number of benzene rings is 1. The summed E-state index contributed by atoms with van der Waals surface area (Å²) in [4.78, 5) is 0. The Morgan fingerprint density at radius 2 is 2.26 bits per heavy atom. The third-order valence-electron chi connectivity index (χ3n) is 3.44. The highest BCUT2D eigenvalue weighted by molar-refractivity contribution is 6.60. The fraction of sp³-hybridized carbons (Fsp3) is 0.417. The van der Waals surface area contributed by atoms with Crippen LogP contribution in [-0.2, 0) is 4.74 Å². The minimum Gasteiger partial charge on any atom is -0.422 e. The molecule has 0 bridgehead atoms. The minimum absolute atomic E-state index is 0.133. The molecule has 0 saturated carbocycles. The summed E-state index contributed by atoms with van der Waals surface area (Å²) in [7, 11) is -1.69. The molecule has 0 radical (unpaired) electrons. The van der Waals surface area contributed by atoms with Crippen LogP contribution in [0.1, 0.15) is 24.6 Å². The van der Waals surface area contributed by atoms with E-state index < -0.39 is 7.12 Å². The second-order valence-corrected chi connectivity index (χ2v) is 4.79. The molecule has 1 saturated heterocycles. The number of hydrogen-bond acceptors (Lipinski definition) is 4. The summed E-state index contributed by atoms with van der Waals surface area (Å²) in [6.07, 6.45) is 1.43. The normalized spacial score (nSPS) is 19.3. The molecule has 1 unspecified atom stereocenters. The van der Waals surface area contributed by atoms with Crippen molar-refractivity contribution in [2.45, 2.75) is 26.0 Å². The number of halogens is 1. The molecular weight excluding hydrogens is 250 g/mol. The molecule has 0 aliphatic carbocycles. The number of ether oxygens (including phenoxy) is 1. The molecule has 3 rings (SSSR count). The van der Waals surface area contributed by atoms with Gasteiger partial charge >= 0.3 is 7.12 Å². The van der Waals surface area contributed by atoms with Gasteiger partial charge in [0, 0.05) is 18.1 Å². The van der Waals surface area contributed by atoms with Crippen LogP contribution in [0.4, 0.5) is 4.39 Å². The first-order chi connectivity index (χ1) is 9.08. The van der Waals surface area contributed by atoms with Crippen LogP contribution in [-0.4, -0.2) is 33.6 Å². The second kappa shape index (κ2) is 4.59. The van der Waals surface area contributed by atoms with Gasteiger partial charge in [-0.2, -0.15) is 5.10 Å². The number of rotatable bonds is 2. The van der Waals surface area contributed by atoms with Crippen molar-refractivity contribution in [3.8, 4) is 0 Å². The molecule has 1 aromatic heterocycles. The molecule has 1 aromatic carbocycles. The largest absolute Gasteiger partial charge is 0.510 e. The summed E-state index contributed by atoms with van der Waals surface area (Å²) in [5.41, 5.74) is 1.10. The maximum absolute atomic E-state index is 13.7. The van der Waals surface area contributed by atoms with Gasteiger partial charge in [-0.15, -0.1) is 0 Å². The highest BCUT2D eigenvalue weighted by atomic mass is 19.1. The van der Waals surface area contributed by atoms with E-state index >= 15 is 0 Å². The number of aryl methyl sites for hydroxylation is 1. The van der Waals surface area contributed by atoms with Gasteiger partial charge in [0.25, 0.3) is 0 Å². The van der Waals surface area contributed by atoms with Crippen molar-refractivity contribution in [1.29, 1.82) is 0 Å². The highest BCUT2D eigenvalue weighted by Crippen LogP contribution is 2.27. The zero-order valence-electron chi connectivity index (χ0n) is 10.5. The standard InChI is InChI=1S/C12H14BFN2O3/c1-7-5-8-10(6-9(7)14)16(11-3-2-4-19-11)15-12(8)13(17)18/h5-6,11,17-18H,2-4H2,1H3. The van der Waals surface area contributed by atoms with E-state index in [-0.39, 0.29) is 17.6 Å². The van der Waals surface area contributed by atoms with Gasteiger partial charge in [-0.25, -0.2) is 9.07 Å². The van der Waals surface area contributed by atoms with Gasteiger partial charge in [-0.3, -0.25) is 0 Å². The van der Waals surface area contributed by atoms with Gasteiger partial charge in [0.15, 0.2) is 6.23 Å². The van der Waals surface area contributed by atoms with Crippen molar-refractivity contribution < 1.29 is 19.2 Å². The lowest BCUT2D eigenvalue weighted by molar-refractivity contribution is 0.0506. The van der Waals surface area contributed by atoms with E-state index in [2.05, 4.69) is 5.10 Å².